The molecule has 9 nitrogen and oxygen atoms in total. The van der Waals surface area contributed by atoms with E-state index in [9.17, 15) is 0 Å². The van der Waals surface area contributed by atoms with Crippen LogP contribution in [0.4, 0.5) is 5.82 Å². The molecule has 9 heteroatoms. The van der Waals surface area contributed by atoms with Gasteiger partial charge in [-0.2, -0.15) is 4.98 Å². The quantitative estimate of drug-likeness (QED) is 0.820. The van der Waals surface area contributed by atoms with Crippen molar-refractivity contribution in [2.75, 3.05) is 38.7 Å². The number of likely N-dealkylation sites (tertiary alicyclic amines) is 1. The Morgan fingerprint density at radius 1 is 1.27 bits per heavy atom. The molecule has 2 aliphatic rings. The molecule has 0 aromatic carbocycles. The van der Waals surface area contributed by atoms with E-state index in [-0.39, 0.29) is 5.92 Å². The lowest BCUT2D eigenvalue weighted by atomic mass is 10.1. The fourth-order valence-corrected chi connectivity index (χ4v) is 3.40. The Bertz CT molecular complexity index is 710. The van der Waals surface area contributed by atoms with Crippen LogP contribution in [0, 0.1) is 0 Å². The summed E-state index contributed by atoms with van der Waals surface area (Å²) >= 11 is 0. The highest BCUT2D eigenvalue weighted by atomic mass is 16.5. The van der Waals surface area contributed by atoms with Crippen molar-refractivity contribution in [1.29, 1.82) is 0 Å². The number of piperidine rings is 1. The largest absolute Gasteiger partial charge is 0.481 e. The minimum absolute atomic E-state index is 0.260. The predicted molar refractivity (Wildman–Crippen MR) is 93.0 cm³/mol. The highest BCUT2D eigenvalue weighted by Gasteiger charge is 2.25. The van der Waals surface area contributed by atoms with Crippen LogP contribution in [0.25, 0.3) is 0 Å². The third-order valence-corrected chi connectivity index (χ3v) is 4.92. The van der Waals surface area contributed by atoms with Crippen LogP contribution in [0.2, 0.25) is 0 Å². The summed E-state index contributed by atoms with van der Waals surface area (Å²) in [6, 6.07) is 2.21. The SMILES string of the molecule is COc1cc(NC2CCN(Cc3noc(C4CCOC4)n3)CC2)ncn1. The maximum Gasteiger partial charge on any atom is 0.232 e. The molecule has 0 bridgehead atoms. The van der Waals surface area contributed by atoms with E-state index in [1.165, 1.54) is 6.33 Å². The minimum atomic E-state index is 0.260. The fraction of sp³-hybridized carbons (Fsp3) is 0.647. The molecule has 26 heavy (non-hydrogen) atoms. The Kier molecular flexibility index (Phi) is 5.26. The van der Waals surface area contributed by atoms with Crippen LogP contribution < -0.4 is 10.1 Å². The van der Waals surface area contributed by atoms with Crippen LogP contribution in [-0.2, 0) is 11.3 Å². The van der Waals surface area contributed by atoms with Crippen LogP contribution in [0.1, 0.15) is 36.9 Å². The van der Waals surface area contributed by atoms with Gasteiger partial charge in [0.1, 0.15) is 12.1 Å². The molecule has 2 aromatic rings. The zero-order valence-electron chi connectivity index (χ0n) is 14.9. The highest BCUT2D eigenvalue weighted by Crippen LogP contribution is 2.24. The standard InChI is InChI=1S/C17H24N6O3/c1-24-16-8-14(18-11-19-16)20-13-2-5-23(6-3-13)9-15-21-17(26-22-15)12-4-7-25-10-12/h8,11-13H,2-7,9-10H2,1H3,(H,18,19,20). The summed E-state index contributed by atoms with van der Waals surface area (Å²) in [5, 5.41) is 7.59. The topological polar surface area (TPSA) is 98.4 Å². The minimum Gasteiger partial charge on any atom is -0.481 e. The molecule has 2 aromatic heterocycles. The molecule has 4 rings (SSSR count). The van der Waals surface area contributed by atoms with Crippen molar-refractivity contribution in [2.45, 2.75) is 37.8 Å². The molecule has 2 aliphatic heterocycles. The number of rotatable bonds is 6. The number of methoxy groups -OCH3 is 1. The molecule has 140 valence electrons. The zero-order valence-corrected chi connectivity index (χ0v) is 14.9. The van der Waals surface area contributed by atoms with Gasteiger partial charge in [0, 0.05) is 31.8 Å². The van der Waals surface area contributed by atoms with Crippen LogP contribution in [-0.4, -0.2) is 64.5 Å². The Morgan fingerprint density at radius 2 is 2.15 bits per heavy atom. The molecule has 0 radical (unpaired) electrons. The van der Waals surface area contributed by atoms with Crippen molar-refractivity contribution in [3.05, 3.63) is 24.1 Å². The van der Waals surface area contributed by atoms with Crippen molar-refractivity contribution in [2.24, 2.45) is 0 Å². The van der Waals surface area contributed by atoms with E-state index in [0.29, 0.717) is 24.4 Å². The van der Waals surface area contributed by atoms with Crippen LogP contribution in [0.15, 0.2) is 16.9 Å². The first-order valence-electron chi connectivity index (χ1n) is 9.05. The van der Waals surface area contributed by atoms with Gasteiger partial charge in [-0.1, -0.05) is 5.16 Å². The van der Waals surface area contributed by atoms with Crippen molar-refractivity contribution in [3.8, 4) is 5.88 Å². The van der Waals surface area contributed by atoms with Gasteiger partial charge < -0.3 is 19.3 Å². The molecule has 2 saturated heterocycles. The van der Waals surface area contributed by atoms with E-state index in [4.69, 9.17) is 14.0 Å². The smallest absolute Gasteiger partial charge is 0.232 e. The number of hydrogen-bond acceptors (Lipinski definition) is 9. The predicted octanol–water partition coefficient (Wildman–Crippen LogP) is 1.45. The van der Waals surface area contributed by atoms with Gasteiger partial charge in [0.15, 0.2) is 5.82 Å². The van der Waals surface area contributed by atoms with Crippen molar-refractivity contribution in [1.82, 2.24) is 25.0 Å². The van der Waals surface area contributed by atoms with Crippen LogP contribution in [0.3, 0.4) is 0 Å². The first kappa shape index (κ1) is 17.2. The van der Waals surface area contributed by atoms with E-state index in [1.807, 2.05) is 6.07 Å². The van der Waals surface area contributed by atoms with Crippen LogP contribution in [0.5, 0.6) is 5.88 Å². The Labute approximate surface area is 152 Å². The Balaban J connectivity index is 1.25. The molecule has 0 aliphatic carbocycles. The molecule has 4 heterocycles. The third-order valence-electron chi connectivity index (χ3n) is 4.92. The summed E-state index contributed by atoms with van der Waals surface area (Å²) in [5.74, 6) is 3.11. The average Bonchev–Trinajstić information content (AvgIpc) is 3.35. The van der Waals surface area contributed by atoms with E-state index >= 15 is 0 Å². The van der Waals surface area contributed by atoms with Crippen molar-refractivity contribution in [3.63, 3.8) is 0 Å². The zero-order chi connectivity index (χ0) is 17.8. The summed E-state index contributed by atoms with van der Waals surface area (Å²) in [5.41, 5.74) is 0. The van der Waals surface area contributed by atoms with E-state index < -0.39 is 0 Å². The number of nitrogens with one attached hydrogen (secondary N) is 1. The lowest BCUT2D eigenvalue weighted by molar-refractivity contribution is 0.189. The maximum absolute atomic E-state index is 5.41. The number of hydrogen-bond donors (Lipinski definition) is 1. The monoisotopic (exact) mass is 360 g/mol. The van der Waals surface area contributed by atoms with Crippen LogP contribution >= 0.6 is 0 Å². The molecule has 0 saturated carbocycles. The Morgan fingerprint density at radius 3 is 2.92 bits per heavy atom. The normalized spacial score (nSPS) is 21.8. The van der Waals surface area contributed by atoms with Crippen molar-refractivity contribution < 1.29 is 14.0 Å². The first-order chi connectivity index (χ1) is 12.8. The summed E-state index contributed by atoms with van der Waals surface area (Å²) < 4.78 is 15.9. The van der Waals surface area contributed by atoms with Gasteiger partial charge >= 0.3 is 0 Å². The summed E-state index contributed by atoms with van der Waals surface area (Å²) in [7, 11) is 1.60. The van der Waals surface area contributed by atoms with Gasteiger partial charge in [0.25, 0.3) is 0 Å². The highest BCUT2D eigenvalue weighted by molar-refractivity contribution is 5.38. The molecule has 2 fully saturated rings. The van der Waals surface area contributed by atoms with Gasteiger partial charge in [-0.3, -0.25) is 4.90 Å². The second-order valence-electron chi connectivity index (χ2n) is 6.75. The lowest BCUT2D eigenvalue weighted by Crippen LogP contribution is -2.39. The first-order valence-corrected chi connectivity index (χ1v) is 9.05. The lowest BCUT2D eigenvalue weighted by Gasteiger charge is -2.31. The molecule has 0 amide bonds. The second-order valence-corrected chi connectivity index (χ2v) is 6.75. The van der Waals surface area contributed by atoms with Gasteiger partial charge in [-0.25, -0.2) is 9.97 Å². The number of aromatic nitrogens is 4. The van der Waals surface area contributed by atoms with Gasteiger partial charge in [-0.05, 0) is 19.3 Å². The van der Waals surface area contributed by atoms with E-state index in [0.717, 1.165) is 57.1 Å². The van der Waals surface area contributed by atoms with Gasteiger partial charge in [-0.15, -0.1) is 0 Å². The molecule has 1 N–H and O–H groups in total. The molecule has 0 spiro atoms. The van der Waals surface area contributed by atoms with E-state index in [1.54, 1.807) is 7.11 Å². The maximum atomic E-state index is 5.41. The average molecular weight is 360 g/mol. The number of ether oxygens (including phenoxy) is 2. The third kappa shape index (κ3) is 4.10. The number of anilines is 1. The second kappa shape index (κ2) is 7.96. The summed E-state index contributed by atoms with van der Waals surface area (Å²) in [6.45, 7) is 4.16. The Hall–Kier alpha value is -2.26. The van der Waals surface area contributed by atoms with Gasteiger partial charge in [0.05, 0.1) is 26.2 Å². The van der Waals surface area contributed by atoms with Crippen molar-refractivity contribution >= 4 is 5.82 Å². The van der Waals surface area contributed by atoms with E-state index in [2.05, 4.69) is 30.3 Å². The fourth-order valence-electron chi connectivity index (χ4n) is 3.40. The molecule has 1 atom stereocenters. The summed E-state index contributed by atoms with van der Waals surface area (Å²) in [4.78, 5) is 15.2. The summed E-state index contributed by atoms with van der Waals surface area (Å²) in [6.07, 6.45) is 4.55. The molecule has 1 unspecified atom stereocenters. The molecular weight excluding hydrogens is 336 g/mol. The number of nitrogens with zero attached hydrogens (tertiary/aromatic N) is 5. The molecular formula is C17H24N6O3. The van der Waals surface area contributed by atoms with Gasteiger partial charge in [0.2, 0.25) is 11.8 Å².